The van der Waals surface area contributed by atoms with E-state index in [1.165, 1.54) is 6.92 Å². The van der Waals surface area contributed by atoms with Crippen molar-refractivity contribution in [3.8, 4) is 5.75 Å². The summed E-state index contributed by atoms with van der Waals surface area (Å²) in [4.78, 5) is 28.9. The second-order valence-corrected chi connectivity index (χ2v) is 6.27. The highest BCUT2D eigenvalue weighted by molar-refractivity contribution is 6.07. The standard InChI is InChI=1S/C18H23N3O4/c1-12-17(23)20-18-19-16-7-6-15(10-14(16)11-21(12)18)25-9-5-3-4-8-24-13(2)22/h6-7,10,12H,3-5,8-9,11H2,1-2H3,(H,19,20,23). The number of rotatable bonds is 7. The van der Waals surface area contributed by atoms with Gasteiger partial charge in [-0.3, -0.25) is 14.9 Å². The van der Waals surface area contributed by atoms with Crippen LogP contribution in [0, 0.1) is 0 Å². The Bertz CT molecular complexity index is 702. The lowest BCUT2D eigenvalue weighted by molar-refractivity contribution is -0.141. The molecule has 0 spiro atoms. The lowest BCUT2D eigenvalue weighted by Crippen LogP contribution is -2.35. The van der Waals surface area contributed by atoms with Gasteiger partial charge in [0.05, 0.1) is 18.9 Å². The molecule has 1 atom stereocenters. The molecule has 1 aromatic rings. The number of guanidine groups is 1. The fraction of sp³-hybridized carbons (Fsp3) is 0.500. The van der Waals surface area contributed by atoms with Crippen LogP contribution in [0.15, 0.2) is 23.2 Å². The topological polar surface area (TPSA) is 80.2 Å². The molecule has 1 saturated heterocycles. The number of nitrogens with one attached hydrogen (secondary N) is 1. The molecule has 3 rings (SSSR count). The third kappa shape index (κ3) is 4.10. The maximum Gasteiger partial charge on any atom is 0.302 e. The molecule has 0 aromatic heterocycles. The molecular weight excluding hydrogens is 322 g/mol. The lowest BCUT2D eigenvalue weighted by atomic mass is 10.1. The molecule has 1 amide bonds. The van der Waals surface area contributed by atoms with E-state index in [1.54, 1.807) is 0 Å². The number of unbranched alkanes of at least 4 members (excludes halogenated alkanes) is 2. The van der Waals surface area contributed by atoms with Crippen molar-refractivity contribution < 1.29 is 19.1 Å². The minimum Gasteiger partial charge on any atom is -0.494 e. The Kier molecular flexibility index (Phi) is 5.21. The molecule has 2 aliphatic heterocycles. The number of carbonyl (C=O) groups excluding carboxylic acids is 2. The molecular formula is C18H23N3O4. The second-order valence-electron chi connectivity index (χ2n) is 6.27. The second kappa shape index (κ2) is 7.55. The van der Waals surface area contributed by atoms with E-state index in [4.69, 9.17) is 9.47 Å². The van der Waals surface area contributed by atoms with Gasteiger partial charge < -0.3 is 14.4 Å². The SMILES string of the molecule is CC(=O)OCCCCCOc1ccc2c(c1)CN1C(=N2)NC(=O)C1C. The van der Waals surface area contributed by atoms with E-state index in [0.29, 0.717) is 25.7 Å². The van der Waals surface area contributed by atoms with Crippen LogP contribution in [0.1, 0.15) is 38.7 Å². The summed E-state index contributed by atoms with van der Waals surface area (Å²) < 4.78 is 10.7. The summed E-state index contributed by atoms with van der Waals surface area (Å²) in [5.41, 5.74) is 1.92. The Morgan fingerprint density at radius 3 is 2.92 bits per heavy atom. The summed E-state index contributed by atoms with van der Waals surface area (Å²) in [7, 11) is 0. The molecule has 1 aromatic carbocycles. The zero-order chi connectivity index (χ0) is 17.8. The number of amides is 1. The van der Waals surface area contributed by atoms with Gasteiger partial charge in [-0.2, -0.15) is 0 Å². The predicted molar refractivity (Wildman–Crippen MR) is 92.7 cm³/mol. The number of hydrogen-bond donors (Lipinski definition) is 1. The van der Waals surface area contributed by atoms with E-state index in [1.807, 2.05) is 30.0 Å². The normalized spacial score (nSPS) is 18.2. The molecule has 2 heterocycles. The van der Waals surface area contributed by atoms with Crippen LogP contribution in [0.2, 0.25) is 0 Å². The van der Waals surface area contributed by atoms with Crippen molar-refractivity contribution in [1.82, 2.24) is 10.2 Å². The van der Waals surface area contributed by atoms with E-state index in [2.05, 4.69) is 10.3 Å². The quantitative estimate of drug-likeness (QED) is 0.605. The maximum absolute atomic E-state index is 11.8. The van der Waals surface area contributed by atoms with Gasteiger partial charge in [-0.25, -0.2) is 4.99 Å². The van der Waals surface area contributed by atoms with E-state index in [0.717, 1.165) is 36.3 Å². The zero-order valence-electron chi connectivity index (χ0n) is 14.6. The smallest absolute Gasteiger partial charge is 0.302 e. The van der Waals surface area contributed by atoms with Crippen LogP contribution < -0.4 is 10.1 Å². The van der Waals surface area contributed by atoms with Crippen molar-refractivity contribution in [2.45, 2.75) is 45.7 Å². The van der Waals surface area contributed by atoms with Crippen LogP contribution in [0.4, 0.5) is 5.69 Å². The van der Waals surface area contributed by atoms with E-state index < -0.39 is 0 Å². The summed E-state index contributed by atoms with van der Waals surface area (Å²) in [5, 5.41) is 2.80. The van der Waals surface area contributed by atoms with Crippen molar-refractivity contribution >= 4 is 23.5 Å². The first-order chi connectivity index (χ1) is 12.0. The Morgan fingerprint density at radius 1 is 1.32 bits per heavy atom. The first kappa shape index (κ1) is 17.3. The average molecular weight is 345 g/mol. The van der Waals surface area contributed by atoms with Crippen molar-refractivity contribution in [3.63, 3.8) is 0 Å². The van der Waals surface area contributed by atoms with Crippen LogP contribution in [0.5, 0.6) is 5.75 Å². The average Bonchev–Trinajstić information content (AvgIpc) is 2.85. The van der Waals surface area contributed by atoms with Gasteiger partial charge in [0.25, 0.3) is 0 Å². The number of ether oxygens (including phenoxy) is 2. The van der Waals surface area contributed by atoms with Crippen molar-refractivity contribution in [2.75, 3.05) is 13.2 Å². The highest BCUT2D eigenvalue weighted by atomic mass is 16.5. The first-order valence-corrected chi connectivity index (χ1v) is 8.60. The number of esters is 1. The molecule has 1 fully saturated rings. The van der Waals surface area contributed by atoms with E-state index in [-0.39, 0.29) is 17.9 Å². The van der Waals surface area contributed by atoms with Gasteiger partial charge in [0, 0.05) is 19.0 Å². The van der Waals surface area contributed by atoms with Crippen LogP contribution >= 0.6 is 0 Å². The highest BCUT2D eigenvalue weighted by Gasteiger charge is 2.35. The molecule has 2 aliphatic rings. The van der Waals surface area contributed by atoms with Crippen molar-refractivity contribution in [2.24, 2.45) is 4.99 Å². The van der Waals surface area contributed by atoms with Crippen molar-refractivity contribution in [3.05, 3.63) is 23.8 Å². The molecule has 1 N–H and O–H groups in total. The summed E-state index contributed by atoms with van der Waals surface area (Å²) in [6.45, 7) is 5.02. The summed E-state index contributed by atoms with van der Waals surface area (Å²) >= 11 is 0. The minimum atomic E-state index is -0.236. The molecule has 0 bridgehead atoms. The van der Waals surface area contributed by atoms with Gasteiger partial charge in [0.2, 0.25) is 11.9 Å². The molecule has 7 nitrogen and oxygen atoms in total. The number of hydrogen-bond acceptors (Lipinski definition) is 6. The van der Waals surface area contributed by atoms with Crippen LogP contribution in [0.3, 0.4) is 0 Å². The van der Waals surface area contributed by atoms with Crippen LogP contribution in [-0.4, -0.2) is 42.0 Å². The molecule has 134 valence electrons. The number of fused-ring (bicyclic) bond motifs is 2. The molecule has 7 heteroatoms. The highest BCUT2D eigenvalue weighted by Crippen LogP contribution is 2.31. The Balaban J connectivity index is 1.49. The summed E-state index contributed by atoms with van der Waals surface area (Å²) in [6.07, 6.45) is 2.70. The molecule has 0 radical (unpaired) electrons. The van der Waals surface area contributed by atoms with Crippen LogP contribution in [-0.2, 0) is 20.9 Å². The Hall–Kier alpha value is -2.57. The molecule has 0 saturated carbocycles. The number of nitrogens with zero attached hydrogens (tertiary/aromatic N) is 2. The summed E-state index contributed by atoms with van der Waals surface area (Å²) in [5.74, 6) is 1.19. The fourth-order valence-corrected chi connectivity index (χ4v) is 2.89. The van der Waals surface area contributed by atoms with Crippen LogP contribution in [0.25, 0.3) is 0 Å². The maximum atomic E-state index is 11.8. The number of aliphatic imine (C=N–C) groups is 1. The predicted octanol–water partition coefficient (Wildman–Crippen LogP) is 2.12. The van der Waals surface area contributed by atoms with Gasteiger partial charge >= 0.3 is 5.97 Å². The van der Waals surface area contributed by atoms with Gasteiger partial charge in [-0.15, -0.1) is 0 Å². The minimum absolute atomic E-state index is 0.0169. The molecule has 1 unspecified atom stereocenters. The largest absolute Gasteiger partial charge is 0.494 e. The third-order valence-corrected chi connectivity index (χ3v) is 4.33. The van der Waals surface area contributed by atoms with Gasteiger partial charge in [-0.1, -0.05) is 0 Å². The van der Waals surface area contributed by atoms with Gasteiger partial charge in [0.1, 0.15) is 11.8 Å². The van der Waals surface area contributed by atoms with Gasteiger partial charge in [0.15, 0.2) is 0 Å². The van der Waals surface area contributed by atoms with E-state index >= 15 is 0 Å². The number of benzene rings is 1. The zero-order valence-corrected chi connectivity index (χ0v) is 14.6. The first-order valence-electron chi connectivity index (χ1n) is 8.60. The molecule has 25 heavy (non-hydrogen) atoms. The van der Waals surface area contributed by atoms with E-state index in [9.17, 15) is 9.59 Å². The molecule has 0 aliphatic carbocycles. The lowest BCUT2D eigenvalue weighted by Gasteiger charge is -2.26. The third-order valence-electron chi connectivity index (χ3n) is 4.33. The Morgan fingerprint density at radius 2 is 2.12 bits per heavy atom. The number of carbonyl (C=O) groups is 2. The monoisotopic (exact) mass is 345 g/mol. The Labute approximate surface area is 147 Å². The summed E-state index contributed by atoms with van der Waals surface area (Å²) in [6, 6.07) is 5.61. The van der Waals surface area contributed by atoms with Gasteiger partial charge in [-0.05, 0) is 44.4 Å². The van der Waals surface area contributed by atoms with Crippen molar-refractivity contribution in [1.29, 1.82) is 0 Å². The fourth-order valence-electron chi connectivity index (χ4n) is 2.89.